The molecule has 4 nitrogen and oxygen atoms in total. The lowest BCUT2D eigenvalue weighted by Gasteiger charge is -2.00. The molecule has 16 heavy (non-hydrogen) atoms. The summed E-state index contributed by atoms with van der Waals surface area (Å²) in [5.41, 5.74) is 1.02. The van der Waals surface area contributed by atoms with Crippen LogP contribution in [-0.2, 0) is 14.3 Å². The average Bonchev–Trinajstić information content (AvgIpc) is 2.17. The third-order valence-electron chi connectivity index (χ3n) is 1.53. The van der Waals surface area contributed by atoms with Gasteiger partial charge >= 0.3 is 0 Å². The molecule has 92 valence electrons. The van der Waals surface area contributed by atoms with Crippen molar-refractivity contribution in [3.63, 3.8) is 0 Å². The van der Waals surface area contributed by atoms with Crippen molar-refractivity contribution in [3.05, 3.63) is 29.8 Å². The largest absolute Gasteiger partial charge is 0.370 e. The van der Waals surface area contributed by atoms with E-state index in [1.54, 1.807) is 18.8 Å². The summed E-state index contributed by atoms with van der Waals surface area (Å²) in [5.74, 6) is 0. The topological polar surface area (TPSA) is 63.6 Å². The Morgan fingerprint density at radius 1 is 1.31 bits per heavy atom. The lowest BCUT2D eigenvalue weighted by molar-refractivity contribution is 0.398. The summed E-state index contributed by atoms with van der Waals surface area (Å²) in [4.78, 5) is 8.27. The third-order valence-corrected chi connectivity index (χ3v) is 2.82. The molecule has 0 saturated heterocycles. The number of benzene rings is 1. The highest BCUT2D eigenvalue weighted by Gasteiger charge is 2.10. The second kappa shape index (κ2) is 7.31. The van der Waals surface area contributed by atoms with Crippen LogP contribution in [0.4, 0.5) is 0 Å². The molecule has 0 heterocycles. The van der Waals surface area contributed by atoms with Crippen molar-refractivity contribution in [1.82, 2.24) is 0 Å². The van der Waals surface area contributed by atoms with Crippen molar-refractivity contribution in [2.24, 2.45) is 0 Å². The second-order valence-corrected chi connectivity index (χ2v) is 8.11. The van der Waals surface area contributed by atoms with Gasteiger partial charge in [-0.2, -0.15) is 8.42 Å². The van der Waals surface area contributed by atoms with Crippen LogP contribution in [0.5, 0.6) is 0 Å². The van der Waals surface area contributed by atoms with E-state index in [1.807, 2.05) is 6.92 Å². The first-order chi connectivity index (χ1) is 7.29. The molecule has 1 aromatic rings. The Bertz CT molecular complexity index is 397. The van der Waals surface area contributed by atoms with Crippen LogP contribution in [0.25, 0.3) is 0 Å². The first kappa shape index (κ1) is 16.0. The summed E-state index contributed by atoms with van der Waals surface area (Å²) in [7, 11) is -0.793. The molecule has 0 saturated carbocycles. The van der Waals surface area contributed by atoms with Crippen molar-refractivity contribution in [1.29, 1.82) is 0 Å². The van der Waals surface area contributed by atoms with Crippen molar-refractivity contribution in [3.8, 4) is 0 Å². The Kier molecular flexibility index (Phi) is 7.29. The molecule has 7 heteroatoms. The van der Waals surface area contributed by atoms with Crippen LogP contribution >= 0.6 is 16.8 Å². The van der Waals surface area contributed by atoms with Gasteiger partial charge in [-0.05, 0) is 25.7 Å². The van der Waals surface area contributed by atoms with E-state index < -0.39 is 18.0 Å². The fraction of sp³-hybridized carbons (Fsp3) is 0.333. The lowest BCUT2D eigenvalue weighted by atomic mass is 10.2. The molecule has 2 atom stereocenters. The van der Waals surface area contributed by atoms with E-state index in [2.05, 4.69) is 13.1 Å². The van der Waals surface area contributed by atoms with Crippen LogP contribution in [0.2, 0.25) is 0 Å². The Hall–Kier alpha value is -0.0500. The highest BCUT2D eigenvalue weighted by molar-refractivity contribution is 8.10. The molecule has 0 bridgehead atoms. The molecule has 0 amide bonds. The zero-order chi connectivity index (χ0) is 12.8. The molecule has 1 N–H and O–H groups in total. The predicted octanol–water partition coefficient (Wildman–Crippen LogP) is 2.13. The van der Waals surface area contributed by atoms with Crippen LogP contribution in [0, 0.1) is 6.92 Å². The van der Waals surface area contributed by atoms with E-state index in [0.29, 0.717) is 0 Å². The van der Waals surface area contributed by atoms with E-state index in [-0.39, 0.29) is 4.90 Å². The SMILES string of the molecule is COS(=O)(=O)c1ccc(C)cc1.CP(O)P. The Balaban J connectivity index is 0.000000487. The van der Waals surface area contributed by atoms with Gasteiger partial charge in [0, 0.05) is 7.84 Å². The Morgan fingerprint density at radius 3 is 2.00 bits per heavy atom. The van der Waals surface area contributed by atoms with E-state index in [0.717, 1.165) is 12.7 Å². The van der Waals surface area contributed by atoms with Crippen molar-refractivity contribution < 1.29 is 17.5 Å². The van der Waals surface area contributed by atoms with Gasteiger partial charge < -0.3 is 4.89 Å². The molecule has 0 aromatic heterocycles. The van der Waals surface area contributed by atoms with Crippen LogP contribution in [-0.4, -0.2) is 27.1 Å². The lowest BCUT2D eigenvalue weighted by Crippen LogP contribution is -2.02. The molecule has 0 spiro atoms. The van der Waals surface area contributed by atoms with E-state index in [9.17, 15) is 8.42 Å². The third kappa shape index (κ3) is 6.51. The molecular formula is C9H16O4P2S. The minimum absolute atomic E-state index is 0.190. The van der Waals surface area contributed by atoms with Crippen LogP contribution in [0.1, 0.15) is 5.56 Å². The molecule has 0 aliphatic carbocycles. The van der Waals surface area contributed by atoms with Crippen molar-refractivity contribution >= 4 is 26.9 Å². The fourth-order valence-corrected chi connectivity index (χ4v) is 1.46. The van der Waals surface area contributed by atoms with E-state index in [1.165, 1.54) is 12.1 Å². The molecule has 0 fully saturated rings. The van der Waals surface area contributed by atoms with E-state index in [4.69, 9.17) is 4.89 Å². The molecule has 1 rings (SSSR count). The first-order valence-electron chi connectivity index (χ1n) is 4.34. The summed E-state index contributed by atoms with van der Waals surface area (Å²) in [6, 6.07) is 6.50. The summed E-state index contributed by atoms with van der Waals surface area (Å²) in [5, 5.41) is 0. The number of rotatable bonds is 2. The molecule has 2 unspecified atom stereocenters. The Labute approximate surface area is 100 Å². The standard InChI is InChI=1S/C8H10O3S.CH6OP2/c1-7-3-5-8(6-4-7)12(9,10)11-2;1-4(2)3/h3-6H,1-2H3;2H,3H2,1H3. The van der Waals surface area contributed by atoms with Gasteiger partial charge in [-0.25, -0.2) is 0 Å². The number of hydrogen-bond donors (Lipinski definition) is 1. The maximum absolute atomic E-state index is 11.1. The van der Waals surface area contributed by atoms with Crippen molar-refractivity contribution in [2.75, 3.05) is 13.8 Å². The highest BCUT2D eigenvalue weighted by Crippen LogP contribution is 2.32. The first-order valence-corrected chi connectivity index (χ1v) is 9.11. The second-order valence-electron chi connectivity index (χ2n) is 3.01. The van der Waals surface area contributed by atoms with Crippen molar-refractivity contribution in [2.45, 2.75) is 11.8 Å². The van der Waals surface area contributed by atoms with Gasteiger partial charge in [-0.1, -0.05) is 26.6 Å². The predicted molar refractivity (Wildman–Crippen MR) is 70.1 cm³/mol. The summed E-state index contributed by atoms with van der Waals surface area (Å²) < 4.78 is 26.5. The molecule has 0 radical (unpaired) electrons. The van der Waals surface area contributed by atoms with Gasteiger partial charge in [-0.3, -0.25) is 4.18 Å². The monoisotopic (exact) mass is 282 g/mol. The molecule has 0 aliphatic rings. The van der Waals surface area contributed by atoms with Gasteiger partial charge in [0.15, 0.2) is 0 Å². The Morgan fingerprint density at radius 2 is 1.69 bits per heavy atom. The summed E-state index contributed by atoms with van der Waals surface area (Å²) in [6.07, 6.45) is 0. The minimum Gasteiger partial charge on any atom is -0.370 e. The fourth-order valence-electron chi connectivity index (χ4n) is 0.801. The summed E-state index contributed by atoms with van der Waals surface area (Å²) in [6.45, 7) is 3.64. The van der Waals surface area contributed by atoms with Gasteiger partial charge in [0.2, 0.25) is 0 Å². The maximum atomic E-state index is 11.1. The maximum Gasteiger partial charge on any atom is 0.296 e. The summed E-state index contributed by atoms with van der Waals surface area (Å²) >= 11 is 0. The van der Waals surface area contributed by atoms with E-state index >= 15 is 0 Å². The van der Waals surface area contributed by atoms with Gasteiger partial charge in [-0.15, -0.1) is 0 Å². The van der Waals surface area contributed by atoms with Gasteiger partial charge in [0.1, 0.15) is 0 Å². The average molecular weight is 282 g/mol. The number of aryl methyl sites for hydroxylation is 1. The van der Waals surface area contributed by atoms with Crippen LogP contribution in [0.3, 0.4) is 0 Å². The zero-order valence-corrected chi connectivity index (χ0v) is 12.3. The number of hydrogen-bond acceptors (Lipinski definition) is 4. The van der Waals surface area contributed by atoms with Gasteiger partial charge in [0.25, 0.3) is 10.1 Å². The van der Waals surface area contributed by atoms with Crippen LogP contribution < -0.4 is 0 Å². The molecular weight excluding hydrogens is 266 g/mol. The quantitative estimate of drug-likeness (QED) is 0.666. The normalized spacial score (nSPS) is 12.6. The smallest absolute Gasteiger partial charge is 0.296 e. The van der Waals surface area contributed by atoms with Crippen LogP contribution in [0.15, 0.2) is 29.2 Å². The highest BCUT2D eigenvalue weighted by atomic mass is 32.2. The van der Waals surface area contributed by atoms with Gasteiger partial charge in [0.05, 0.1) is 12.0 Å². The zero-order valence-electron chi connectivity index (χ0n) is 9.41. The molecule has 1 aromatic carbocycles. The molecule has 0 aliphatic heterocycles. The minimum atomic E-state index is -3.51.